The number of allylic oxidation sites excluding steroid dienone is 1. The fraction of sp³-hybridized carbons (Fsp3) is 0.333. The molecule has 1 aromatic carbocycles. The van der Waals surface area contributed by atoms with Crippen LogP contribution in [0.2, 0.25) is 5.02 Å². The molecule has 0 spiro atoms. The highest BCUT2D eigenvalue weighted by Crippen LogP contribution is 2.40. The maximum absolute atomic E-state index is 12.9. The van der Waals surface area contributed by atoms with Gasteiger partial charge in [-0.15, -0.1) is 10.2 Å². The van der Waals surface area contributed by atoms with Gasteiger partial charge < -0.3 is 0 Å². The van der Waals surface area contributed by atoms with Crippen molar-refractivity contribution in [1.82, 2.24) is 14.9 Å². The monoisotopic (exact) mass is 390 g/mol. The van der Waals surface area contributed by atoms with Crippen LogP contribution in [-0.2, 0) is 16.0 Å². The van der Waals surface area contributed by atoms with Crippen LogP contribution in [0.4, 0.5) is 0 Å². The van der Waals surface area contributed by atoms with E-state index in [-0.39, 0.29) is 18.1 Å². The number of Topliss-reactive ketones (excluding diaryl/α,β-unsaturated/α-hetero) is 1. The van der Waals surface area contributed by atoms with E-state index in [0.717, 1.165) is 5.56 Å². The Bertz CT molecular complexity index is 889. The third-order valence-corrected chi connectivity index (χ3v) is 5.36. The number of hydrogen-bond donors (Lipinski definition) is 0. The number of aromatic nitrogens is 3. The molecule has 2 heterocycles. The molecule has 136 valence electrons. The Morgan fingerprint density at radius 3 is 2.35 bits per heavy atom. The molecule has 0 N–H and O–H groups in total. The molecular formula is C18H19ClN4O2S. The number of halogens is 1. The normalized spacial score (nSPS) is 13.8. The molecule has 3 rings (SSSR count). The van der Waals surface area contributed by atoms with Crippen LogP contribution in [0.1, 0.15) is 45.0 Å². The van der Waals surface area contributed by atoms with Crippen molar-refractivity contribution in [1.29, 1.82) is 0 Å². The van der Waals surface area contributed by atoms with E-state index in [1.54, 1.807) is 30.7 Å². The molecular weight excluding hydrogens is 372 g/mol. The maximum atomic E-state index is 12.9. The number of nitrogens with zero attached hydrogens (tertiary/aromatic N) is 4. The van der Waals surface area contributed by atoms with Crippen LogP contribution in [0.5, 0.6) is 0 Å². The summed E-state index contributed by atoms with van der Waals surface area (Å²) in [5.74, 6) is 0.498. The van der Waals surface area contributed by atoms with Crippen LogP contribution in [-0.4, -0.2) is 26.6 Å². The van der Waals surface area contributed by atoms with Gasteiger partial charge in [0.2, 0.25) is 11.1 Å². The molecule has 1 aliphatic rings. The SMILES string of the molecule is CCC(=O)C1=C(c2ccc(Cl)cc2)N(C(=O)CC)n2c(CC)nnc2S1. The van der Waals surface area contributed by atoms with Crippen LogP contribution < -0.4 is 5.01 Å². The molecule has 0 aliphatic carbocycles. The van der Waals surface area contributed by atoms with E-state index in [0.29, 0.717) is 39.4 Å². The Balaban J connectivity index is 2.29. The van der Waals surface area contributed by atoms with Gasteiger partial charge in [0.1, 0.15) is 0 Å². The van der Waals surface area contributed by atoms with Gasteiger partial charge in [0, 0.05) is 29.8 Å². The lowest BCUT2D eigenvalue weighted by Gasteiger charge is -2.33. The lowest BCUT2D eigenvalue weighted by molar-refractivity contribution is -0.119. The van der Waals surface area contributed by atoms with Crippen molar-refractivity contribution in [2.45, 2.75) is 45.2 Å². The Morgan fingerprint density at radius 2 is 1.77 bits per heavy atom. The molecule has 0 fully saturated rings. The van der Waals surface area contributed by atoms with Gasteiger partial charge in [-0.3, -0.25) is 9.59 Å². The van der Waals surface area contributed by atoms with Crippen molar-refractivity contribution in [3.05, 3.63) is 45.6 Å². The summed E-state index contributed by atoms with van der Waals surface area (Å²) in [4.78, 5) is 26.0. The fourth-order valence-electron chi connectivity index (χ4n) is 2.71. The highest BCUT2D eigenvalue weighted by molar-refractivity contribution is 8.04. The first-order valence-corrected chi connectivity index (χ1v) is 9.69. The quantitative estimate of drug-likeness (QED) is 0.776. The van der Waals surface area contributed by atoms with Crippen molar-refractivity contribution in [3.8, 4) is 0 Å². The molecule has 0 atom stereocenters. The molecule has 0 unspecified atom stereocenters. The zero-order chi connectivity index (χ0) is 18.8. The average Bonchev–Trinajstić information content (AvgIpc) is 3.08. The Labute approximate surface area is 161 Å². The first-order valence-electron chi connectivity index (χ1n) is 8.50. The van der Waals surface area contributed by atoms with Gasteiger partial charge >= 0.3 is 0 Å². The first kappa shape index (κ1) is 18.7. The van der Waals surface area contributed by atoms with Gasteiger partial charge in [-0.2, -0.15) is 0 Å². The number of carbonyl (C=O) groups excluding carboxylic acids is 2. The molecule has 0 radical (unpaired) electrons. The molecule has 0 saturated heterocycles. The smallest absolute Gasteiger partial charge is 0.246 e. The maximum Gasteiger partial charge on any atom is 0.246 e. The molecule has 1 amide bonds. The highest BCUT2D eigenvalue weighted by atomic mass is 35.5. The standard InChI is InChI=1S/C18H19ClN4O2S/c1-4-13(24)17-16(11-7-9-12(19)10-8-11)23(15(25)6-3)22-14(5-2)20-21-18(22)26-17/h7-10H,4-6H2,1-3H3. The van der Waals surface area contributed by atoms with Crippen LogP contribution in [0.3, 0.4) is 0 Å². The number of ketones is 1. The summed E-state index contributed by atoms with van der Waals surface area (Å²) >= 11 is 7.28. The van der Waals surface area contributed by atoms with E-state index in [9.17, 15) is 9.59 Å². The minimum Gasteiger partial charge on any atom is -0.294 e. The summed E-state index contributed by atoms with van der Waals surface area (Å²) in [7, 11) is 0. The molecule has 2 aromatic rings. The van der Waals surface area contributed by atoms with E-state index in [1.165, 1.54) is 16.8 Å². The number of fused-ring (bicyclic) bond motifs is 1. The summed E-state index contributed by atoms with van der Waals surface area (Å²) in [5.41, 5.74) is 1.31. The lowest BCUT2D eigenvalue weighted by atomic mass is 10.1. The van der Waals surface area contributed by atoms with E-state index in [1.807, 2.05) is 19.1 Å². The minimum atomic E-state index is -0.132. The largest absolute Gasteiger partial charge is 0.294 e. The van der Waals surface area contributed by atoms with E-state index in [4.69, 9.17) is 11.6 Å². The average molecular weight is 391 g/mol. The molecule has 0 saturated carbocycles. The molecule has 6 nitrogen and oxygen atoms in total. The summed E-state index contributed by atoms with van der Waals surface area (Å²) in [6.45, 7) is 5.55. The van der Waals surface area contributed by atoms with Crippen LogP contribution in [0.25, 0.3) is 5.70 Å². The van der Waals surface area contributed by atoms with Crippen molar-refractivity contribution in [2.75, 3.05) is 5.01 Å². The Hall–Kier alpha value is -2.12. The number of thioether (sulfide) groups is 1. The molecule has 8 heteroatoms. The second-order valence-electron chi connectivity index (χ2n) is 5.69. The van der Waals surface area contributed by atoms with Crippen molar-refractivity contribution in [3.63, 3.8) is 0 Å². The molecule has 26 heavy (non-hydrogen) atoms. The summed E-state index contributed by atoms with van der Waals surface area (Å²) < 4.78 is 1.72. The summed E-state index contributed by atoms with van der Waals surface area (Å²) in [5, 5.41) is 11.0. The lowest BCUT2D eigenvalue weighted by Crippen LogP contribution is -2.42. The minimum absolute atomic E-state index is 0.0406. The fourth-order valence-corrected chi connectivity index (χ4v) is 3.94. The number of benzene rings is 1. The van der Waals surface area contributed by atoms with Crippen molar-refractivity contribution >= 4 is 40.8 Å². The Morgan fingerprint density at radius 1 is 1.08 bits per heavy atom. The van der Waals surface area contributed by atoms with Gasteiger partial charge in [-0.1, -0.05) is 44.5 Å². The zero-order valence-corrected chi connectivity index (χ0v) is 16.4. The number of aryl methyl sites for hydroxylation is 1. The second-order valence-corrected chi connectivity index (χ2v) is 7.10. The van der Waals surface area contributed by atoms with Crippen LogP contribution >= 0.6 is 23.4 Å². The van der Waals surface area contributed by atoms with Gasteiger partial charge in [0.05, 0.1) is 10.6 Å². The van der Waals surface area contributed by atoms with E-state index in [2.05, 4.69) is 10.2 Å². The predicted octanol–water partition coefficient (Wildman–Crippen LogP) is 3.82. The predicted molar refractivity (Wildman–Crippen MR) is 102 cm³/mol. The number of rotatable bonds is 5. The zero-order valence-electron chi connectivity index (χ0n) is 14.8. The summed E-state index contributed by atoms with van der Waals surface area (Å²) in [6, 6.07) is 7.13. The molecule has 0 bridgehead atoms. The van der Waals surface area contributed by atoms with E-state index >= 15 is 0 Å². The second kappa shape index (κ2) is 7.63. The van der Waals surface area contributed by atoms with E-state index < -0.39 is 0 Å². The van der Waals surface area contributed by atoms with Gasteiger partial charge in [-0.25, -0.2) is 9.69 Å². The summed E-state index contributed by atoms with van der Waals surface area (Å²) in [6.07, 6.45) is 1.24. The van der Waals surface area contributed by atoms with Crippen molar-refractivity contribution < 1.29 is 9.59 Å². The van der Waals surface area contributed by atoms with Gasteiger partial charge in [0.25, 0.3) is 0 Å². The molecule has 1 aromatic heterocycles. The Kier molecular flexibility index (Phi) is 5.48. The van der Waals surface area contributed by atoms with Gasteiger partial charge in [-0.05, 0) is 23.9 Å². The molecule has 1 aliphatic heterocycles. The van der Waals surface area contributed by atoms with Crippen LogP contribution in [0.15, 0.2) is 34.3 Å². The van der Waals surface area contributed by atoms with Crippen molar-refractivity contribution in [2.24, 2.45) is 0 Å². The number of amides is 1. The number of carbonyl (C=O) groups is 2. The van der Waals surface area contributed by atoms with Crippen LogP contribution in [0, 0.1) is 0 Å². The topological polar surface area (TPSA) is 68.1 Å². The number of hydrogen-bond acceptors (Lipinski definition) is 5. The van der Waals surface area contributed by atoms with Gasteiger partial charge in [0.15, 0.2) is 11.6 Å². The highest BCUT2D eigenvalue weighted by Gasteiger charge is 2.35. The third-order valence-electron chi connectivity index (χ3n) is 4.04. The third kappa shape index (κ3) is 3.17. The first-order chi connectivity index (χ1) is 12.5.